The molecule has 0 saturated heterocycles. The summed E-state index contributed by atoms with van der Waals surface area (Å²) in [6.07, 6.45) is 3.80. The van der Waals surface area contributed by atoms with Crippen molar-refractivity contribution in [1.29, 1.82) is 0 Å². The van der Waals surface area contributed by atoms with E-state index in [1.165, 1.54) is 11.8 Å². The van der Waals surface area contributed by atoms with Gasteiger partial charge in [0.05, 0.1) is 0 Å². The van der Waals surface area contributed by atoms with E-state index in [9.17, 15) is 4.79 Å². The zero-order valence-electron chi connectivity index (χ0n) is 9.31. The van der Waals surface area contributed by atoms with Gasteiger partial charge in [-0.2, -0.15) is 0 Å². The van der Waals surface area contributed by atoms with Crippen molar-refractivity contribution in [2.75, 3.05) is 14.1 Å². The first kappa shape index (κ1) is 11.0. The van der Waals surface area contributed by atoms with Crippen molar-refractivity contribution < 1.29 is 4.79 Å². The van der Waals surface area contributed by atoms with Crippen LogP contribution in [0.5, 0.6) is 0 Å². The molecule has 1 aromatic carbocycles. The van der Waals surface area contributed by atoms with Crippen LogP contribution in [-0.4, -0.2) is 24.1 Å². The Morgan fingerprint density at radius 1 is 1.19 bits per heavy atom. The van der Waals surface area contributed by atoms with Crippen LogP contribution in [0.4, 0.5) is 0 Å². The molecule has 16 heavy (non-hydrogen) atoms. The fraction of sp³-hybridized carbons (Fsp3) is 0.154. The molecule has 1 aliphatic rings. The summed E-state index contributed by atoms with van der Waals surface area (Å²) in [7, 11) is 3.83. The quantitative estimate of drug-likeness (QED) is 0.730. The summed E-state index contributed by atoms with van der Waals surface area (Å²) in [5.74, 6) is 0. The Labute approximate surface area is 99.6 Å². The van der Waals surface area contributed by atoms with Crippen LogP contribution in [0.1, 0.15) is 5.56 Å². The zero-order chi connectivity index (χ0) is 11.5. The third-order valence-electron chi connectivity index (χ3n) is 2.18. The van der Waals surface area contributed by atoms with Crippen molar-refractivity contribution in [1.82, 2.24) is 4.90 Å². The topological polar surface area (TPSA) is 20.3 Å². The number of allylic oxidation sites excluding steroid dienone is 1. The molecule has 0 unspecified atom stereocenters. The number of rotatable bonds is 2. The van der Waals surface area contributed by atoms with Crippen molar-refractivity contribution >= 4 is 21.8 Å². The number of benzene rings is 1. The van der Waals surface area contributed by atoms with Gasteiger partial charge in [-0.15, -0.1) is 0 Å². The van der Waals surface area contributed by atoms with Gasteiger partial charge in [0.2, 0.25) is 5.12 Å². The van der Waals surface area contributed by atoms with Crippen LogP contribution in [0.3, 0.4) is 0 Å². The average Bonchev–Trinajstić information content (AvgIpc) is 2.61. The SMILES string of the molecule is CN(C)/C=C1\C=C(c2ccccc2)SC1=O. The van der Waals surface area contributed by atoms with Gasteiger partial charge in [-0.3, -0.25) is 4.79 Å². The van der Waals surface area contributed by atoms with Gasteiger partial charge >= 0.3 is 0 Å². The molecule has 0 bridgehead atoms. The first-order valence-electron chi connectivity index (χ1n) is 5.04. The molecule has 2 rings (SSSR count). The summed E-state index contributed by atoms with van der Waals surface area (Å²) in [5.41, 5.74) is 1.86. The molecule has 1 aromatic rings. The second kappa shape index (κ2) is 4.58. The predicted octanol–water partition coefficient (Wildman–Crippen LogP) is 2.75. The lowest BCUT2D eigenvalue weighted by molar-refractivity contribution is -0.107. The van der Waals surface area contributed by atoms with Crippen LogP contribution in [0.25, 0.3) is 4.91 Å². The van der Waals surface area contributed by atoms with Gasteiger partial charge < -0.3 is 4.90 Å². The van der Waals surface area contributed by atoms with E-state index in [-0.39, 0.29) is 5.12 Å². The molecular formula is C13H13NOS. The highest BCUT2D eigenvalue weighted by Gasteiger charge is 2.20. The molecule has 0 N–H and O–H groups in total. The molecule has 0 aliphatic carbocycles. The first-order valence-corrected chi connectivity index (χ1v) is 5.86. The molecule has 82 valence electrons. The van der Waals surface area contributed by atoms with E-state index in [0.717, 1.165) is 16.0 Å². The van der Waals surface area contributed by atoms with Gasteiger partial charge in [-0.25, -0.2) is 0 Å². The van der Waals surface area contributed by atoms with Gasteiger partial charge in [0.1, 0.15) is 0 Å². The highest BCUT2D eigenvalue weighted by molar-refractivity contribution is 8.22. The van der Waals surface area contributed by atoms with Crippen molar-refractivity contribution in [3.05, 3.63) is 53.7 Å². The Balaban J connectivity index is 2.30. The third kappa shape index (κ3) is 2.36. The monoisotopic (exact) mass is 231 g/mol. The maximum atomic E-state index is 11.7. The van der Waals surface area contributed by atoms with Crippen molar-refractivity contribution in [2.24, 2.45) is 0 Å². The number of carbonyl (C=O) groups excluding carboxylic acids is 1. The van der Waals surface area contributed by atoms with E-state index in [2.05, 4.69) is 0 Å². The van der Waals surface area contributed by atoms with E-state index < -0.39 is 0 Å². The van der Waals surface area contributed by atoms with Crippen molar-refractivity contribution in [3.8, 4) is 0 Å². The summed E-state index contributed by atoms with van der Waals surface area (Å²) in [6, 6.07) is 9.97. The van der Waals surface area contributed by atoms with Gasteiger partial charge in [0.25, 0.3) is 0 Å². The van der Waals surface area contributed by atoms with Gasteiger partial charge in [0, 0.05) is 30.8 Å². The third-order valence-corrected chi connectivity index (χ3v) is 3.18. The summed E-state index contributed by atoms with van der Waals surface area (Å²) < 4.78 is 0. The van der Waals surface area contributed by atoms with Crippen molar-refractivity contribution in [3.63, 3.8) is 0 Å². The van der Waals surface area contributed by atoms with Gasteiger partial charge in [0.15, 0.2) is 0 Å². The number of thioether (sulfide) groups is 1. The van der Waals surface area contributed by atoms with Crippen LogP contribution >= 0.6 is 11.8 Å². The lowest BCUT2D eigenvalue weighted by Gasteiger charge is -2.03. The molecular weight excluding hydrogens is 218 g/mol. The maximum absolute atomic E-state index is 11.7. The number of hydrogen-bond acceptors (Lipinski definition) is 3. The normalized spacial score (nSPS) is 17.8. The fourth-order valence-electron chi connectivity index (χ4n) is 1.50. The fourth-order valence-corrected chi connectivity index (χ4v) is 2.37. The van der Waals surface area contributed by atoms with Crippen LogP contribution < -0.4 is 0 Å². The number of hydrogen-bond donors (Lipinski definition) is 0. The lowest BCUT2D eigenvalue weighted by atomic mass is 10.2. The largest absolute Gasteiger partial charge is 0.383 e. The minimum atomic E-state index is 0.118. The molecule has 1 aliphatic heterocycles. The summed E-state index contributed by atoms with van der Waals surface area (Å²) in [5, 5.41) is 0.118. The standard InChI is InChI=1S/C13H13NOS/c1-14(2)9-11-8-12(16-13(11)15)10-6-4-3-5-7-10/h3-9H,1-2H3/b11-9+. The Morgan fingerprint density at radius 3 is 2.50 bits per heavy atom. The maximum Gasteiger partial charge on any atom is 0.225 e. The molecule has 0 spiro atoms. The first-order chi connectivity index (χ1) is 7.66. The van der Waals surface area contributed by atoms with Crippen LogP contribution in [-0.2, 0) is 4.79 Å². The van der Waals surface area contributed by atoms with E-state index in [4.69, 9.17) is 0 Å². The van der Waals surface area contributed by atoms with E-state index in [1.807, 2.05) is 61.6 Å². The molecule has 0 radical (unpaired) electrons. The Morgan fingerprint density at radius 2 is 1.88 bits per heavy atom. The van der Waals surface area contributed by atoms with E-state index >= 15 is 0 Å². The Kier molecular flexibility index (Phi) is 3.15. The molecule has 0 amide bonds. The van der Waals surface area contributed by atoms with Gasteiger partial charge in [-0.1, -0.05) is 30.3 Å². The van der Waals surface area contributed by atoms with Gasteiger partial charge in [-0.05, 0) is 23.4 Å². The predicted molar refractivity (Wildman–Crippen MR) is 68.8 cm³/mol. The highest BCUT2D eigenvalue weighted by Crippen LogP contribution is 2.37. The smallest absolute Gasteiger partial charge is 0.225 e. The molecule has 3 heteroatoms. The van der Waals surface area contributed by atoms with Crippen LogP contribution in [0.15, 0.2) is 48.2 Å². The Bertz CT molecular complexity index is 460. The molecule has 2 nitrogen and oxygen atoms in total. The van der Waals surface area contributed by atoms with Crippen LogP contribution in [0.2, 0.25) is 0 Å². The van der Waals surface area contributed by atoms with E-state index in [0.29, 0.717) is 0 Å². The zero-order valence-corrected chi connectivity index (χ0v) is 10.1. The van der Waals surface area contributed by atoms with E-state index in [1.54, 1.807) is 0 Å². The summed E-state index contributed by atoms with van der Waals surface area (Å²) in [4.78, 5) is 14.6. The van der Waals surface area contributed by atoms with Crippen molar-refractivity contribution in [2.45, 2.75) is 0 Å². The molecule has 0 saturated carbocycles. The molecule has 0 aromatic heterocycles. The summed E-state index contributed by atoms with van der Waals surface area (Å²) in [6.45, 7) is 0. The lowest BCUT2D eigenvalue weighted by Crippen LogP contribution is -2.04. The highest BCUT2D eigenvalue weighted by atomic mass is 32.2. The minimum Gasteiger partial charge on any atom is -0.383 e. The molecule has 0 fully saturated rings. The number of nitrogens with zero attached hydrogens (tertiary/aromatic N) is 1. The average molecular weight is 231 g/mol. The Hall–Kier alpha value is -1.48. The molecule has 0 atom stereocenters. The summed E-state index contributed by atoms with van der Waals surface area (Å²) >= 11 is 1.30. The second-order valence-electron chi connectivity index (χ2n) is 3.81. The van der Waals surface area contributed by atoms with Crippen LogP contribution in [0, 0.1) is 0 Å². The number of carbonyl (C=O) groups is 1. The minimum absolute atomic E-state index is 0.118. The molecule has 1 heterocycles. The second-order valence-corrected chi connectivity index (χ2v) is 4.83.